The summed E-state index contributed by atoms with van der Waals surface area (Å²) in [5.41, 5.74) is 11.1. The molecule has 2 rings (SSSR count). The van der Waals surface area contributed by atoms with Crippen LogP contribution in [0.5, 0.6) is 0 Å². The maximum absolute atomic E-state index is 6.02. The Labute approximate surface area is 132 Å². The van der Waals surface area contributed by atoms with Gasteiger partial charge in [-0.05, 0) is 56.4 Å². The number of aryl methyl sites for hydroxylation is 3. The van der Waals surface area contributed by atoms with Gasteiger partial charge in [0, 0.05) is 17.1 Å². The second kappa shape index (κ2) is 7.10. The number of benzene rings is 1. The predicted molar refractivity (Wildman–Crippen MR) is 91.0 cm³/mol. The minimum absolute atomic E-state index is 0.226. The predicted octanol–water partition coefficient (Wildman–Crippen LogP) is 4.44. The Hall–Kier alpha value is -1.32. The topological polar surface area (TPSA) is 38.9 Å². The molecule has 0 saturated heterocycles. The molecule has 0 radical (unpaired) electrons. The number of hydrogen-bond donors (Lipinski definition) is 1. The van der Waals surface area contributed by atoms with E-state index in [9.17, 15) is 0 Å². The number of aromatic nitrogens is 1. The summed E-state index contributed by atoms with van der Waals surface area (Å²) < 4.78 is 0. The third kappa shape index (κ3) is 4.32. The van der Waals surface area contributed by atoms with Crippen molar-refractivity contribution in [2.24, 2.45) is 5.73 Å². The van der Waals surface area contributed by atoms with Crippen LogP contribution in [0.2, 0.25) is 0 Å². The molecule has 0 saturated carbocycles. The molecule has 2 nitrogen and oxygen atoms in total. The first kappa shape index (κ1) is 16.1. The summed E-state index contributed by atoms with van der Waals surface area (Å²) in [6.45, 7) is 8.52. The molecule has 0 amide bonds. The zero-order valence-corrected chi connectivity index (χ0v) is 14.1. The van der Waals surface area contributed by atoms with E-state index >= 15 is 0 Å². The van der Waals surface area contributed by atoms with E-state index in [1.54, 1.807) is 11.8 Å². The molecule has 0 fully saturated rings. The van der Waals surface area contributed by atoms with Gasteiger partial charge in [0.25, 0.3) is 0 Å². The van der Waals surface area contributed by atoms with Crippen LogP contribution in [0.25, 0.3) is 0 Å². The van der Waals surface area contributed by atoms with E-state index in [0.717, 1.165) is 17.9 Å². The summed E-state index contributed by atoms with van der Waals surface area (Å²) in [4.78, 5) is 5.90. The van der Waals surface area contributed by atoms with Gasteiger partial charge in [0.05, 0.1) is 0 Å². The fourth-order valence-corrected chi connectivity index (χ4v) is 3.19. The highest BCUT2D eigenvalue weighted by Gasteiger charge is 2.08. The molecule has 0 bridgehead atoms. The van der Waals surface area contributed by atoms with E-state index in [1.165, 1.54) is 27.1 Å². The molecule has 1 heterocycles. The highest BCUT2D eigenvalue weighted by Crippen LogP contribution is 2.31. The van der Waals surface area contributed by atoms with Crippen LogP contribution in [0, 0.1) is 20.8 Å². The Morgan fingerprint density at radius 1 is 1.14 bits per heavy atom. The lowest BCUT2D eigenvalue weighted by Crippen LogP contribution is -2.21. The van der Waals surface area contributed by atoms with Gasteiger partial charge < -0.3 is 5.73 Å². The van der Waals surface area contributed by atoms with Crippen LogP contribution in [0.15, 0.2) is 40.4 Å². The Bertz CT molecular complexity index is 623. The van der Waals surface area contributed by atoms with E-state index in [-0.39, 0.29) is 6.04 Å². The summed E-state index contributed by atoms with van der Waals surface area (Å²) in [6, 6.07) is 8.99. The van der Waals surface area contributed by atoms with Crippen molar-refractivity contribution in [3.8, 4) is 0 Å². The van der Waals surface area contributed by atoms with Crippen molar-refractivity contribution in [1.82, 2.24) is 4.98 Å². The largest absolute Gasteiger partial charge is 0.327 e. The first-order valence-corrected chi connectivity index (χ1v) is 8.27. The van der Waals surface area contributed by atoms with Crippen molar-refractivity contribution in [2.75, 3.05) is 0 Å². The van der Waals surface area contributed by atoms with Gasteiger partial charge in [-0.1, -0.05) is 42.4 Å². The van der Waals surface area contributed by atoms with Gasteiger partial charge >= 0.3 is 0 Å². The monoisotopic (exact) mass is 300 g/mol. The molecule has 112 valence electrons. The number of nitrogens with zero attached hydrogens (tertiary/aromatic N) is 1. The van der Waals surface area contributed by atoms with E-state index in [1.807, 2.05) is 6.20 Å². The number of hydrogen-bond acceptors (Lipinski definition) is 3. The van der Waals surface area contributed by atoms with Crippen LogP contribution >= 0.6 is 11.8 Å². The second-order valence-corrected chi connectivity index (χ2v) is 6.74. The molecule has 2 N–H and O–H groups in total. The minimum atomic E-state index is 0.226. The van der Waals surface area contributed by atoms with Crippen molar-refractivity contribution in [3.05, 3.63) is 52.7 Å². The van der Waals surface area contributed by atoms with E-state index in [0.29, 0.717) is 0 Å². The summed E-state index contributed by atoms with van der Waals surface area (Å²) in [7, 11) is 0. The van der Waals surface area contributed by atoms with Crippen LogP contribution in [-0.2, 0) is 6.42 Å². The molecule has 0 spiro atoms. The Kier molecular flexibility index (Phi) is 5.43. The average Bonchev–Trinajstić information content (AvgIpc) is 2.44. The number of rotatable bonds is 5. The maximum Gasteiger partial charge on any atom is 0.104 e. The SMILES string of the molecule is CCC(N)Cc1cnc(Sc2ccc(C)cc2C)c(C)c1. The van der Waals surface area contributed by atoms with Gasteiger partial charge in [-0.3, -0.25) is 0 Å². The quantitative estimate of drug-likeness (QED) is 0.887. The Balaban J connectivity index is 2.17. The molecule has 2 aromatic rings. The fourth-order valence-electron chi connectivity index (χ4n) is 2.30. The molecule has 21 heavy (non-hydrogen) atoms. The fraction of sp³-hybridized carbons (Fsp3) is 0.389. The summed E-state index contributed by atoms with van der Waals surface area (Å²) in [5, 5.41) is 1.08. The minimum Gasteiger partial charge on any atom is -0.327 e. The highest BCUT2D eigenvalue weighted by molar-refractivity contribution is 7.99. The standard InChI is InChI=1S/C18H24N2S/c1-5-16(19)10-15-9-14(4)18(20-11-15)21-17-7-6-12(2)8-13(17)3/h6-9,11,16H,5,10,19H2,1-4H3. The van der Waals surface area contributed by atoms with Gasteiger partial charge in [0.2, 0.25) is 0 Å². The zero-order valence-electron chi connectivity index (χ0n) is 13.3. The van der Waals surface area contributed by atoms with Gasteiger partial charge in [0.1, 0.15) is 5.03 Å². The van der Waals surface area contributed by atoms with E-state index in [4.69, 9.17) is 5.73 Å². The molecular formula is C18H24N2S. The number of nitrogens with two attached hydrogens (primary N) is 1. The van der Waals surface area contributed by atoms with Gasteiger partial charge in [-0.15, -0.1) is 0 Å². The van der Waals surface area contributed by atoms with Gasteiger partial charge in [-0.2, -0.15) is 0 Å². The van der Waals surface area contributed by atoms with Crippen LogP contribution < -0.4 is 5.73 Å². The molecule has 3 heteroatoms. The highest BCUT2D eigenvalue weighted by atomic mass is 32.2. The summed E-state index contributed by atoms with van der Waals surface area (Å²) >= 11 is 1.74. The molecular weight excluding hydrogens is 276 g/mol. The first-order chi connectivity index (χ1) is 9.99. The molecule has 1 atom stereocenters. The van der Waals surface area contributed by atoms with E-state index < -0.39 is 0 Å². The van der Waals surface area contributed by atoms with Crippen molar-refractivity contribution in [1.29, 1.82) is 0 Å². The normalized spacial score (nSPS) is 12.4. The molecule has 1 unspecified atom stereocenters. The van der Waals surface area contributed by atoms with Crippen molar-refractivity contribution in [3.63, 3.8) is 0 Å². The lowest BCUT2D eigenvalue weighted by atomic mass is 10.1. The van der Waals surface area contributed by atoms with Crippen LogP contribution in [-0.4, -0.2) is 11.0 Å². The van der Waals surface area contributed by atoms with Crippen LogP contribution in [0.4, 0.5) is 0 Å². The molecule has 0 aliphatic rings. The lowest BCUT2D eigenvalue weighted by molar-refractivity contribution is 0.644. The van der Waals surface area contributed by atoms with E-state index in [2.05, 4.69) is 56.9 Å². The molecule has 1 aromatic heterocycles. The summed E-state index contributed by atoms with van der Waals surface area (Å²) in [5.74, 6) is 0. The number of pyridine rings is 1. The van der Waals surface area contributed by atoms with Gasteiger partial charge in [0.15, 0.2) is 0 Å². The Morgan fingerprint density at radius 2 is 1.90 bits per heavy atom. The lowest BCUT2D eigenvalue weighted by Gasteiger charge is -2.12. The van der Waals surface area contributed by atoms with Crippen molar-refractivity contribution < 1.29 is 0 Å². The average molecular weight is 300 g/mol. The van der Waals surface area contributed by atoms with Gasteiger partial charge in [-0.25, -0.2) is 4.98 Å². The third-order valence-corrected chi connectivity index (χ3v) is 4.94. The zero-order chi connectivity index (χ0) is 15.4. The van der Waals surface area contributed by atoms with Crippen molar-refractivity contribution >= 4 is 11.8 Å². The Morgan fingerprint density at radius 3 is 2.52 bits per heavy atom. The maximum atomic E-state index is 6.02. The summed E-state index contributed by atoms with van der Waals surface area (Å²) in [6.07, 6.45) is 3.87. The molecule has 0 aliphatic heterocycles. The third-order valence-electron chi connectivity index (χ3n) is 3.65. The first-order valence-electron chi connectivity index (χ1n) is 7.45. The van der Waals surface area contributed by atoms with Crippen LogP contribution in [0.1, 0.15) is 35.6 Å². The van der Waals surface area contributed by atoms with Crippen molar-refractivity contribution in [2.45, 2.75) is 56.5 Å². The molecule has 0 aliphatic carbocycles. The smallest absolute Gasteiger partial charge is 0.104 e. The van der Waals surface area contributed by atoms with Crippen LogP contribution in [0.3, 0.4) is 0 Å². The molecule has 1 aromatic carbocycles. The second-order valence-electron chi connectivity index (χ2n) is 5.71.